The number of halogens is 1. The van der Waals surface area contributed by atoms with Crippen LogP contribution in [-0.2, 0) is 10.0 Å². The van der Waals surface area contributed by atoms with Crippen molar-refractivity contribution in [2.24, 2.45) is 0 Å². The Labute approximate surface area is 120 Å². The van der Waals surface area contributed by atoms with E-state index in [9.17, 15) is 8.42 Å². The Morgan fingerprint density at radius 1 is 1.37 bits per heavy atom. The number of nitrogens with two attached hydrogens (primary N) is 1. The van der Waals surface area contributed by atoms with Crippen LogP contribution in [0.4, 0.5) is 5.69 Å². The summed E-state index contributed by atoms with van der Waals surface area (Å²) in [7, 11) is -3.56. The van der Waals surface area contributed by atoms with Gasteiger partial charge in [0.1, 0.15) is 0 Å². The standard InChI is InChI=1S/C13H21ClN2O2S/c1-5-6-16(9(2)3)19(17,18)11-7-12(14)10(4)13(15)8-11/h7-9H,5-6,15H2,1-4H3. The van der Waals surface area contributed by atoms with Crippen molar-refractivity contribution in [2.75, 3.05) is 12.3 Å². The van der Waals surface area contributed by atoms with E-state index in [-0.39, 0.29) is 10.9 Å². The molecule has 0 amide bonds. The number of benzene rings is 1. The van der Waals surface area contributed by atoms with E-state index in [4.69, 9.17) is 17.3 Å². The Morgan fingerprint density at radius 3 is 2.37 bits per heavy atom. The predicted octanol–water partition coefficient (Wildman–Crippen LogP) is 3.04. The third-order valence-corrected chi connectivity index (χ3v) is 5.43. The number of sulfonamides is 1. The quantitative estimate of drug-likeness (QED) is 0.850. The lowest BCUT2D eigenvalue weighted by molar-refractivity contribution is 0.354. The SMILES string of the molecule is CCCN(C(C)C)S(=O)(=O)c1cc(N)c(C)c(Cl)c1. The van der Waals surface area contributed by atoms with Crippen LogP contribution in [0, 0.1) is 6.92 Å². The van der Waals surface area contributed by atoms with Gasteiger partial charge in [0.25, 0.3) is 0 Å². The lowest BCUT2D eigenvalue weighted by Gasteiger charge is -2.25. The van der Waals surface area contributed by atoms with Crippen LogP contribution in [0.3, 0.4) is 0 Å². The Balaban J connectivity index is 3.33. The molecule has 2 N–H and O–H groups in total. The van der Waals surface area contributed by atoms with Gasteiger partial charge in [-0.2, -0.15) is 4.31 Å². The second-order valence-corrected chi connectivity index (χ2v) is 7.13. The van der Waals surface area contributed by atoms with Crippen molar-refractivity contribution in [3.05, 3.63) is 22.7 Å². The molecule has 0 saturated heterocycles. The van der Waals surface area contributed by atoms with Crippen molar-refractivity contribution < 1.29 is 8.42 Å². The third kappa shape index (κ3) is 3.41. The molecular weight excluding hydrogens is 284 g/mol. The van der Waals surface area contributed by atoms with E-state index in [1.807, 2.05) is 20.8 Å². The number of nitrogen functional groups attached to an aromatic ring is 1. The van der Waals surface area contributed by atoms with Gasteiger partial charge in [-0.1, -0.05) is 18.5 Å². The van der Waals surface area contributed by atoms with Crippen LogP contribution in [0.1, 0.15) is 32.8 Å². The van der Waals surface area contributed by atoms with E-state index in [0.29, 0.717) is 22.8 Å². The zero-order chi connectivity index (χ0) is 14.8. The number of anilines is 1. The highest BCUT2D eigenvalue weighted by molar-refractivity contribution is 7.89. The first-order chi connectivity index (χ1) is 8.71. The van der Waals surface area contributed by atoms with Gasteiger partial charge in [-0.3, -0.25) is 0 Å². The van der Waals surface area contributed by atoms with Crippen LogP contribution in [0.15, 0.2) is 17.0 Å². The molecule has 0 saturated carbocycles. The van der Waals surface area contributed by atoms with E-state index in [1.165, 1.54) is 16.4 Å². The van der Waals surface area contributed by atoms with Crippen LogP contribution in [-0.4, -0.2) is 25.3 Å². The Morgan fingerprint density at radius 2 is 1.95 bits per heavy atom. The van der Waals surface area contributed by atoms with Crippen molar-refractivity contribution in [2.45, 2.75) is 45.1 Å². The van der Waals surface area contributed by atoms with E-state index in [0.717, 1.165) is 6.42 Å². The van der Waals surface area contributed by atoms with E-state index < -0.39 is 10.0 Å². The number of hydrogen-bond acceptors (Lipinski definition) is 3. The summed E-state index contributed by atoms with van der Waals surface area (Å²) < 4.78 is 26.6. The van der Waals surface area contributed by atoms with E-state index in [1.54, 1.807) is 6.92 Å². The maximum Gasteiger partial charge on any atom is 0.243 e. The summed E-state index contributed by atoms with van der Waals surface area (Å²) in [6.07, 6.45) is 0.756. The third-order valence-electron chi connectivity index (χ3n) is 2.98. The van der Waals surface area contributed by atoms with Gasteiger partial charge in [0.2, 0.25) is 10.0 Å². The molecular formula is C13H21ClN2O2S. The fourth-order valence-electron chi connectivity index (χ4n) is 1.83. The second kappa shape index (κ2) is 6.11. The highest BCUT2D eigenvalue weighted by atomic mass is 35.5. The monoisotopic (exact) mass is 304 g/mol. The molecule has 0 unspecified atom stereocenters. The minimum atomic E-state index is -3.56. The van der Waals surface area contributed by atoms with Gasteiger partial charge in [-0.05, 0) is 44.9 Å². The van der Waals surface area contributed by atoms with Gasteiger partial charge in [0.05, 0.1) is 4.90 Å². The molecule has 0 atom stereocenters. The van der Waals surface area contributed by atoms with Gasteiger partial charge in [-0.25, -0.2) is 8.42 Å². The van der Waals surface area contributed by atoms with Crippen LogP contribution < -0.4 is 5.73 Å². The molecule has 0 bridgehead atoms. The van der Waals surface area contributed by atoms with Gasteiger partial charge >= 0.3 is 0 Å². The summed E-state index contributed by atoms with van der Waals surface area (Å²) in [6, 6.07) is 2.83. The minimum Gasteiger partial charge on any atom is -0.398 e. The van der Waals surface area contributed by atoms with Gasteiger partial charge < -0.3 is 5.73 Å². The molecule has 0 spiro atoms. The molecule has 19 heavy (non-hydrogen) atoms. The van der Waals surface area contributed by atoms with Crippen LogP contribution in [0.5, 0.6) is 0 Å². The largest absolute Gasteiger partial charge is 0.398 e. The summed E-state index contributed by atoms with van der Waals surface area (Å²) in [6.45, 7) is 7.89. The lowest BCUT2D eigenvalue weighted by atomic mass is 10.2. The molecule has 0 radical (unpaired) electrons. The number of rotatable bonds is 5. The first-order valence-electron chi connectivity index (χ1n) is 6.29. The van der Waals surface area contributed by atoms with E-state index >= 15 is 0 Å². The van der Waals surface area contributed by atoms with Crippen molar-refractivity contribution in [3.63, 3.8) is 0 Å². The Kier molecular flexibility index (Phi) is 5.24. The Hall–Kier alpha value is -0.780. The fourth-order valence-corrected chi connectivity index (χ4v) is 3.92. The molecule has 0 aromatic heterocycles. The summed E-state index contributed by atoms with van der Waals surface area (Å²) in [5.41, 5.74) is 6.90. The zero-order valence-electron chi connectivity index (χ0n) is 11.8. The molecule has 0 aliphatic carbocycles. The molecule has 1 aromatic carbocycles. The van der Waals surface area contributed by atoms with Gasteiger partial charge in [0, 0.05) is 23.3 Å². The molecule has 0 aliphatic heterocycles. The second-order valence-electron chi connectivity index (χ2n) is 4.83. The molecule has 4 nitrogen and oxygen atoms in total. The minimum absolute atomic E-state index is 0.105. The van der Waals surface area contributed by atoms with Crippen LogP contribution in [0.25, 0.3) is 0 Å². The van der Waals surface area contributed by atoms with Gasteiger partial charge in [-0.15, -0.1) is 0 Å². The zero-order valence-corrected chi connectivity index (χ0v) is 13.3. The summed E-state index contributed by atoms with van der Waals surface area (Å²) >= 11 is 6.02. The maximum atomic E-state index is 12.6. The van der Waals surface area contributed by atoms with Crippen molar-refractivity contribution >= 4 is 27.3 Å². The predicted molar refractivity (Wildman–Crippen MR) is 79.9 cm³/mol. The number of nitrogens with zero attached hydrogens (tertiary/aromatic N) is 1. The van der Waals surface area contributed by atoms with Crippen LogP contribution >= 0.6 is 11.6 Å². The first-order valence-corrected chi connectivity index (χ1v) is 8.11. The molecule has 1 aromatic rings. The average Bonchev–Trinajstić information content (AvgIpc) is 2.31. The molecule has 0 aliphatic rings. The first kappa shape index (κ1) is 16.3. The highest BCUT2D eigenvalue weighted by Crippen LogP contribution is 2.28. The van der Waals surface area contributed by atoms with Gasteiger partial charge in [0.15, 0.2) is 0 Å². The summed E-state index contributed by atoms with van der Waals surface area (Å²) in [5, 5.41) is 0.374. The summed E-state index contributed by atoms with van der Waals surface area (Å²) in [5.74, 6) is 0. The maximum absolute atomic E-state index is 12.6. The average molecular weight is 305 g/mol. The normalized spacial score (nSPS) is 12.4. The van der Waals surface area contributed by atoms with Crippen molar-refractivity contribution in [3.8, 4) is 0 Å². The van der Waals surface area contributed by atoms with Crippen molar-refractivity contribution in [1.29, 1.82) is 0 Å². The molecule has 0 heterocycles. The topological polar surface area (TPSA) is 63.4 Å². The molecule has 1 rings (SSSR count). The lowest BCUT2D eigenvalue weighted by Crippen LogP contribution is -2.37. The van der Waals surface area contributed by atoms with Crippen molar-refractivity contribution in [1.82, 2.24) is 4.31 Å². The van der Waals surface area contributed by atoms with E-state index in [2.05, 4.69) is 0 Å². The molecule has 108 valence electrons. The molecule has 6 heteroatoms. The summed E-state index contributed by atoms with van der Waals surface area (Å²) in [4.78, 5) is 0.155. The van der Waals surface area contributed by atoms with Crippen LogP contribution in [0.2, 0.25) is 5.02 Å². The fraction of sp³-hybridized carbons (Fsp3) is 0.538. The smallest absolute Gasteiger partial charge is 0.243 e. The highest BCUT2D eigenvalue weighted by Gasteiger charge is 2.27. The number of hydrogen-bond donors (Lipinski definition) is 1. The Bertz CT molecular complexity index is 533. The molecule has 0 fully saturated rings.